The molecule has 0 bridgehead atoms. The fourth-order valence-corrected chi connectivity index (χ4v) is 4.88. The first kappa shape index (κ1) is 26.5. The van der Waals surface area contributed by atoms with Crippen LogP contribution >= 0.6 is 11.8 Å². The van der Waals surface area contributed by atoms with Crippen molar-refractivity contribution in [1.29, 1.82) is 0 Å². The number of thioether (sulfide) groups is 1. The number of methoxy groups -OCH3 is 2. The molecule has 0 amide bonds. The van der Waals surface area contributed by atoms with Crippen LogP contribution in [-0.4, -0.2) is 50.0 Å². The molecule has 0 spiro atoms. The second kappa shape index (κ2) is 11.3. The summed E-state index contributed by atoms with van der Waals surface area (Å²) in [5.74, 6) is 0.475. The van der Waals surface area contributed by atoms with Gasteiger partial charge >= 0.3 is 5.97 Å². The van der Waals surface area contributed by atoms with Crippen LogP contribution in [0.4, 0.5) is 5.69 Å². The third kappa shape index (κ3) is 5.66. The molecular weight excluding hydrogens is 534 g/mol. The number of ether oxygens (including phenoxy) is 2. The topological polar surface area (TPSA) is 145 Å². The van der Waals surface area contributed by atoms with Crippen molar-refractivity contribution in [3.63, 3.8) is 0 Å². The maximum absolute atomic E-state index is 12.2. The van der Waals surface area contributed by atoms with Crippen LogP contribution in [0, 0.1) is 10.1 Å². The summed E-state index contributed by atoms with van der Waals surface area (Å²) in [5, 5.41) is 29.1. The molecule has 202 valence electrons. The monoisotopic (exact) mass is 557 g/mol. The van der Waals surface area contributed by atoms with Crippen LogP contribution < -0.4 is 9.47 Å². The quantitative estimate of drug-likeness (QED) is 0.0967. The van der Waals surface area contributed by atoms with Crippen molar-refractivity contribution in [1.82, 2.24) is 19.7 Å². The smallest absolute Gasteiger partial charge is 0.342 e. The van der Waals surface area contributed by atoms with E-state index < -0.39 is 10.9 Å². The van der Waals surface area contributed by atoms with Crippen LogP contribution in [0.15, 0.2) is 83.0 Å². The van der Waals surface area contributed by atoms with Gasteiger partial charge in [-0.25, -0.2) is 9.78 Å². The highest BCUT2D eigenvalue weighted by Crippen LogP contribution is 2.32. The van der Waals surface area contributed by atoms with Crippen molar-refractivity contribution in [2.45, 2.75) is 11.7 Å². The van der Waals surface area contributed by atoms with Gasteiger partial charge in [0.15, 0.2) is 5.82 Å². The van der Waals surface area contributed by atoms with Gasteiger partial charge in [-0.15, -0.1) is 5.10 Å². The number of aliphatic carboxylic acids is 1. The zero-order chi connectivity index (χ0) is 28.2. The molecular formula is C28H23N5O6S. The van der Waals surface area contributed by atoms with Gasteiger partial charge in [0.25, 0.3) is 5.69 Å². The molecule has 0 aliphatic carbocycles. The van der Waals surface area contributed by atoms with Crippen LogP contribution in [0.1, 0.15) is 11.1 Å². The minimum absolute atomic E-state index is 0.0218. The molecule has 0 aliphatic rings. The van der Waals surface area contributed by atoms with Gasteiger partial charge in [-0.2, -0.15) is 0 Å². The zero-order valence-electron chi connectivity index (χ0n) is 21.4. The Morgan fingerprint density at radius 2 is 1.80 bits per heavy atom. The molecule has 0 saturated heterocycles. The number of para-hydroxylation sites is 1. The molecule has 40 heavy (non-hydrogen) atoms. The van der Waals surface area contributed by atoms with Crippen LogP contribution in [-0.2, 0) is 11.3 Å². The number of hydrogen-bond donors (Lipinski definition) is 2. The first-order chi connectivity index (χ1) is 19.3. The number of non-ortho nitro benzene ring substituents is 1. The number of nitro benzene ring substituents is 1. The van der Waals surface area contributed by atoms with Gasteiger partial charge < -0.3 is 19.1 Å². The molecule has 5 aromatic rings. The number of nitrogens with one attached hydrogen (secondary N) is 1. The summed E-state index contributed by atoms with van der Waals surface area (Å²) in [6.07, 6.45) is 3.45. The number of carboxylic acids is 1. The molecule has 0 fully saturated rings. The number of aromatic nitrogens is 4. The third-order valence-corrected chi connectivity index (χ3v) is 6.99. The fourth-order valence-electron chi connectivity index (χ4n) is 4.18. The first-order valence-electron chi connectivity index (χ1n) is 11.9. The Morgan fingerprint density at radius 1 is 1.10 bits per heavy atom. The van der Waals surface area contributed by atoms with E-state index in [0.29, 0.717) is 35.0 Å². The Balaban J connectivity index is 1.44. The Labute approximate surface area is 232 Å². The number of aromatic amines is 1. The second-order valence-electron chi connectivity index (χ2n) is 8.64. The predicted molar refractivity (Wildman–Crippen MR) is 151 cm³/mol. The Hall–Kier alpha value is -5.10. The Kier molecular flexibility index (Phi) is 7.51. The van der Waals surface area contributed by atoms with Crippen molar-refractivity contribution in [2.75, 3.05) is 14.2 Å². The number of rotatable bonds is 10. The summed E-state index contributed by atoms with van der Waals surface area (Å²) in [4.78, 5) is 27.3. The normalized spacial score (nSPS) is 11.5. The van der Waals surface area contributed by atoms with Gasteiger partial charge in [0, 0.05) is 53.0 Å². The zero-order valence-corrected chi connectivity index (χ0v) is 22.2. The van der Waals surface area contributed by atoms with Crippen molar-refractivity contribution in [2.24, 2.45) is 0 Å². The molecule has 3 aromatic carbocycles. The van der Waals surface area contributed by atoms with Crippen LogP contribution in [0.3, 0.4) is 0 Å². The van der Waals surface area contributed by atoms with E-state index in [0.717, 1.165) is 28.2 Å². The SMILES string of the molecule is COc1cc(OC)cc(-c2nc(S/C(=C\c3cn(Cc4ccc([N+](=O)[O-])cc4)c4ccccc34)C(=O)O)n[nH]2)c1. The van der Waals surface area contributed by atoms with Gasteiger partial charge in [0.05, 0.1) is 19.1 Å². The Bertz CT molecular complexity index is 1720. The van der Waals surface area contributed by atoms with E-state index in [9.17, 15) is 20.0 Å². The highest BCUT2D eigenvalue weighted by atomic mass is 32.2. The maximum atomic E-state index is 12.2. The number of carboxylic acid groups (broad SMARTS) is 1. The Morgan fingerprint density at radius 3 is 2.45 bits per heavy atom. The second-order valence-corrected chi connectivity index (χ2v) is 9.65. The fraction of sp³-hybridized carbons (Fsp3) is 0.107. The summed E-state index contributed by atoms with van der Waals surface area (Å²) in [6.45, 7) is 0.455. The lowest BCUT2D eigenvalue weighted by atomic mass is 10.1. The minimum atomic E-state index is -1.12. The van der Waals surface area contributed by atoms with Gasteiger partial charge in [0.2, 0.25) is 5.16 Å². The van der Waals surface area contributed by atoms with Crippen LogP contribution in [0.25, 0.3) is 28.4 Å². The molecule has 2 aromatic heterocycles. The molecule has 0 aliphatic heterocycles. The average molecular weight is 558 g/mol. The molecule has 11 nitrogen and oxygen atoms in total. The number of hydrogen-bond acceptors (Lipinski definition) is 8. The largest absolute Gasteiger partial charge is 0.497 e. The van der Waals surface area contributed by atoms with E-state index in [2.05, 4.69) is 15.2 Å². The van der Waals surface area contributed by atoms with E-state index in [1.807, 2.05) is 35.0 Å². The van der Waals surface area contributed by atoms with Gasteiger partial charge in [-0.05, 0) is 41.6 Å². The molecule has 0 saturated carbocycles. The number of nitro groups is 1. The molecule has 0 unspecified atom stereocenters. The number of benzene rings is 3. The summed E-state index contributed by atoms with van der Waals surface area (Å²) in [5.41, 5.74) is 3.17. The van der Waals surface area contributed by atoms with Crippen molar-refractivity contribution in [3.05, 3.63) is 99.1 Å². The summed E-state index contributed by atoms with van der Waals surface area (Å²) >= 11 is 0.926. The lowest BCUT2D eigenvalue weighted by Gasteiger charge is -2.06. The maximum Gasteiger partial charge on any atom is 0.342 e. The first-order valence-corrected chi connectivity index (χ1v) is 12.8. The standard InChI is InChI=1S/C28H23N5O6S/c1-38-21-11-18(12-22(14-21)39-2)26-29-28(31-30-26)40-25(27(34)35)13-19-16-32(24-6-4-3-5-23(19)24)15-17-7-9-20(10-8-17)33(36)37/h3-14,16H,15H2,1-2H3,(H,34,35)(H,29,30,31)/b25-13-. The summed E-state index contributed by atoms with van der Waals surface area (Å²) in [7, 11) is 3.10. The van der Waals surface area contributed by atoms with E-state index >= 15 is 0 Å². The van der Waals surface area contributed by atoms with Gasteiger partial charge in [-0.1, -0.05) is 30.3 Å². The number of carbonyl (C=O) groups is 1. The number of nitrogens with zero attached hydrogens (tertiary/aromatic N) is 4. The molecule has 0 atom stereocenters. The molecule has 2 heterocycles. The van der Waals surface area contributed by atoms with E-state index in [1.54, 1.807) is 50.6 Å². The van der Waals surface area contributed by atoms with Crippen molar-refractivity contribution >= 4 is 40.4 Å². The molecule has 2 N–H and O–H groups in total. The van der Waals surface area contributed by atoms with Crippen molar-refractivity contribution in [3.8, 4) is 22.9 Å². The van der Waals surface area contributed by atoms with E-state index in [1.165, 1.54) is 12.1 Å². The molecule has 5 rings (SSSR count). The van der Waals surface area contributed by atoms with E-state index in [-0.39, 0.29) is 15.7 Å². The average Bonchev–Trinajstić information content (AvgIpc) is 3.57. The summed E-state index contributed by atoms with van der Waals surface area (Å²) < 4.78 is 12.6. The number of H-pyrrole nitrogens is 1. The van der Waals surface area contributed by atoms with Gasteiger partial charge in [0.1, 0.15) is 16.4 Å². The lowest BCUT2D eigenvalue weighted by Crippen LogP contribution is -1.98. The summed E-state index contributed by atoms with van der Waals surface area (Å²) in [6, 6.07) is 19.3. The molecule has 0 radical (unpaired) electrons. The lowest BCUT2D eigenvalue weighted by molar-refractivity contribution is -0.384. The highest BCUT2D eigenvalue weighted by molar-refractivity contribution is 8.04. The molecule has 12 heteroatoms. The van der Waals surface area contributed by atoms with Crippen molar-refractivity contribution < 1.29 is 24.3 Å². The van der Waals surface area contributed by atoms with Crippen LogP contribution in [0.2, 0.25) is 0 Å². The highest BCUT2D eigenvalue weighted by Gasteiger charge is 2.17. The minimum Gasteiger partial charge on any atom is -0.497 e. The third-order valence-electron chi connectivity index (χ3n) is 6.11. The van der Waals surface area contributed by atoms with Gasteiger partial charge in [-0.3, -0.25) is 15.2 Å². The number of fused-ring (bicyclic) bond motifs is 1. The van der Waals surface area contributed by atoms with Crippen LogP contribution in [0.5, 0.6) is 11.5 Å². The predicted octanol–water partition coefficient (Wildman–Crippen LogP) is 5.62. The van der Waals surface area contributed by atoms with E-state index in [4.69, 9.17) is 9.47 Å².